The van der Waals surface area contributed by atoms with E-state index in [0.29, 0.717) is 47.3 Å². The van der Waals surface area contributed by atoms with Crippen molar-refractivity contribution in [2.45, 2.75) is 40.2 Å². The number of amides is 2. The molecule has 0 bridgehead atoms. The van der Waals surface area contributed by atoms with Gasteiger partial charge in [-0.05, 0) is 84.1 Å². The van der Waals surface area contributed by atoms with Gasteiger partial charge in [0.2, 0.25) is 0 Å². The van der Waals surface area contributed by atoms with Crippen LogP contribution in [0.3, 0.4) is 0 Å². The van der Waals surface area contributed by atoms with Gasteiger partial charge >= 0.3 is 0 Å². The summed E-state index contributed by atoms with van der Waals surface area (Å²) in [4.78, 5) is 25.3. The number of carbonyl (C=O) groups is 2. The Morgan fingerprint density at radius 1 is 1.12 bits per heavy atom. The first-order valence-corrected chi connectivity index (χ1v) is 11.9. The second-order valence-electron chi connectivity index (χ2n) is 7.59. The minimum absolute atomic E-state index is 0.186. The van der Waals surface area contributed by atoms with Crippen molar-refractivity contribution in [2.75, 3.05) is 13.2 Å². The van der Waals surface area contributed by atoms with E-state index in [1.807, 2.05) is 33.8 Å². The average Bonchev–Trinajstić information content (AvgIpc) is 2.76. The molecule has 0 aliphatic rings. The lowest BCUT2D eigenvalue weighted by Crippen LogP contribution is -2.46. The van der Waals surface area contributed by atoms with E-state index < -0.39 is 11.9 Å². The third-order valence-electron chi connectivity index (χ3n) is 4.44. The Labute approximate surface area is 208 Å². The van der Waals surface area contributed by atoms with Crippen LogP contribution in [0, 0.1) is 5.92 Å². The van der Waals surface area contributed by atoms with E-state index in [1.165, 1.54) is 6.21 Å². The quantitative estimate of drug-likeness (QED) is 0.304. The maximum atomic E-state index is 12.8. The highest BCUT2D eigenvalue weighted by Crippen LogP contribution is 2.36. The van der Waals surface area contributed by atoms with Gasteiger partial charge in [-0.2, -0.15) is 5.10 Å². The summed E-state index contributed by atoms with van der Waals surface area (Å²) in [6, 6.07) is 9.34. The molecule has 9 heteroatoms. The van der Waals surface area contributed by atoms with Crippen molar-refractivity contribution >= 4 is 45.6 Å². The third-order valence-corrected chi connectivity index (χ3v) is 5.29. The standard InChI is InChI=1S/C24H29BrClN3O4/c1-5-32-21-13-16(12-19(25)22(21)33-6-2)14-27-29-24(31)20(11-15(3)4)28-23(30)17-7-9-18(26)10-8-17/h7-10,12-15,20H,5-6,11H2,1-4H3,(H,28,30)(H,29,31). The summed E-state index contributed by atoms with van der Waals surface area (Å²) in [5, 5.41) is 7.38. The number of halogens is 2. The molecule has 0 aliphatic carbocycles. The van der Waals surface area contributed by atoms with E-state index in [2.05, 4.69) is 31.8 Å². The van der Waals surface area contributed by atoms with Crippen molar-refractivity contribution in [2.24, 2.45) is 11.0 Å². The van der Waals surface area contributed by atoms with E-state index in [1.54, 1.807) is 30.3 Å². The topological polar surface area (TPSA) is 89.0 Å². The van der Waals surface area contributed by atoms with Gasteiger partial charge in [0.1, 0.15) is 6.04 Å². The van der Waals surface area contributed by atoms with Crippen LogP contribution in [-0.4, -0.2) is 37.3 Å². The maximum absolute atomic E-state index is 12.8. The highest BCUT2D eigenvalue weighted by atomic mass is 79.9. The van der Waals surface area contributed by atoms with E-state index in [9.17, 15) is 9.59 Å². The molecule has 2 N–H and O–H groups in total. The molecule has 0 saturated carbocycles. The van der Waals surface area contributed by atoms with E-state index in [0.717, 1.165) is 4.47 Å². The van der Waals surface area contributed by atoms with Gasteiger partial charge in [0, 0.05) is 10.6 Å². The molecule has 0 fully saturated rings. The molecular weight excluding hydrogens is 510 g/mol. The Kier molecular flexibility index (Phi) is 10.7. The number of nitrogens with one attached hydrogen (secondary N) is 2. The SMILES string of the molecule is CCOc1cc(C=NNC(=O)C(CC(C)C)NC(=O)c2ccc(Cl)cc2)cc(Br)c1OCC. The molecule has 2 amide bonds. The van der Waals surface area contributed by atoms with Crippen LogP contribution in [0.1, 0.15) is 50.0 Å². The number of nitrogens with zero attached hydrogens (tertiary/aromatic N) is 1. The molecule has 1 unspecified atom stereocenters. The minimum atomic E-state index is -0.739. The van der Waals surface area contributed by atoms with Crippen molar-refractivity contribution in [3.63, 3.8) is 0 Å². The van der Waals surface area contributed by atoms with Gasteiger partial charge in [-0.25, -0.2) is 5.43 Å². The van der Waals surface area contributed by atoms with Gasteiger partial charge in [0.15, 0.2) is 11.5 Å². The summed E-state index contributed by atoms with van der Waals surface area (Å²) in [6.07, 6.45) is 1.97. The predicted molar refractivity (Wildman–Crippen MR) is 134 cm³/mol. The summed E-state index contributed by atoms with van der Waals surface area (Å²) in [5.74, 6) is 0.619. The largest absolute Gasteiger partial charge is 0.490 e. The molecule has 0 aromatic heterocycles. The number of hydrogen-bond acceptors (Lipinski definition) is 5. The molecular formula is C24H29BrClN3O4. The Hall–Kier alpha value is -2.58. The number of rotatable bonds is 11. The van der Waals surface area contributed by atoms with Crippen molar-refractivity contribution in [3.05, 3.63) is 57.0 Å². The molecule has 33 heavy (non-hydrogen) atoms. The molecule has 2 aromatic rings. The molecule has 1 atom stereocenters. The van der Waals surface area contributed by atoms with Gasteiger partial charge in [-0.1, -0.05) is 25.4 Å². The predicted octanol–water partition coefficient (Wildman–Crippen LogP) is 5.19. The lowest BCUT2D eigenvalue weighted by atomic mass is 10.0. The number of hydrogen-bond donors (Lipinski definition) is 2. The highest BCUT2D eigenvalue weighted by Gasteiger charge is 2.22. The van der Waals surface area contributed by atoms with Crippen molar-refractivity contribution in [1.82, 2.24) is 10.7 Å². The summed E-state index contributed by atoms with van der Waals surface area (Å²) in [6.45, 7) is 8.72. The van der Waals surface area contributed by atoms with Crippen LogP contribution in [0.25, 0.3) is 0 Å². The van der Waals surface area contributed by atoms with Crippen molar-refractivity contribution in [1.29, 1.82) is 0 Å². The first-order chi connectivity index (χ1) is 15.7. The van der Waals surface area contributed by atoms with Crippen LogP contribution in [0.2, 0.25) is 5.02 Å². The van der Waals surface area contributed by atoms with Crippen molar-refractivity contribution in [3.8, 4) is 11.5 Å². The fraction of sp³-hybridized carbons (Fsp3) is 0.375. The highest BCUT2D eigenvalue weighted by molar-refractivity contribution is 9.10. The van der Waals surface area contributed by atoms with Crippen LogP contribution in [0.15, 0.2) is 46.0 Å². The molecule has 178 valence electrons. The molecule has 7 nitrogen and oxygen atoms in total. The van der Waals surface area contributed by atoms with Crippen molar-refractivity contribution < 1.29 is 19.1 Å². The number of ether oxygens (including phenoxy) is 2. The Bertz CT molecular complexity index is 980. The molecule has 0 spiro atoms. The first kappa shape index (κ1) is 26.7. The summed E-state index contributed by atoms with van der Waals surface area (Å²) in [5.41, 5.74) is 3.65. The zero-order valence-corrected chi connectivity index (χ0v) is 21.5. The van der Waals surface area contributed by atoms with E-state index in [4.69, 9.17) is 21.1 Å². The van der Waals surface area contributed by atoms with E-state index in [-0.39, 0.29) is 11.8 Å². The molecule has 0 aliphatic heterocycles. The zero-order chi connectivity index (χ0) is 24.4. The smallest absolute Gasteiger partial charge is 0.262 e. The van der Waals surface area contributed by atoms with Gasteiger partial charge in [0.05, 0.1) is 23.9 Å². The van der Waals surface area contributed by atoms with Crippen LogP contribution >= 0.6 is 27.5 Å². The number of hydrazone groups is 1. The number of carbonyl (C=O) groups excluding carboxylic acids is 2. The summed E-state index contributed by atoms with van der Waals surface area (Å²) < 4.78 is 12.0. The van der Waals surface area contributed by atoms with Crippen LogP contribution in [-0.2, 0) is 4.79 Å². The molecule has 0 saturated heterocycles. The lowest BCUT2D eigenvalue weighted by Gasteiger charge is -2.19. The fourth-order valence-corrected chi connectivity index (χ4v) is 3.70. The van der Waals surface area contributed by atoms with Gasteiger partial charge in [-0.3, -0.25) is 9.59 Å². The lowest BCUT2D eigenvalue weighted by molar-refractivity contribution is -0.123. The molecule has 0 heterocycles. The summed E-state index contributed by atoms with van der Waals surface area (Å²) >= 11 is 9.37. The Balaban J connectivity index is 2.11. The van der Waals surface area contributed by atoms with Gasteiger partial charge < -0.3 is 14.8 Å². The molecule has 2 aromatic carbocycles. The normalized spacial score (nSPS) is 12.0. The number of benzene rings is 2. The second-order valence-corrected chi connectivity index (χ2v) is 8.88. The Morgan fingerprint density at radius 3 is 2.39 bits per heavy atom. The third kappa shape index (κ3) is 8.37. The fourth-order valence-electron chi connectivity index (χ4n) is 3.00. The van der Waals surface area contributed by atoms with Crippen LogP contribution in [0.4, 0.5) is 0 Å². The van der Waals surface area contributed by atoms with Gasteiger partial charge in [-0.15, -0.1) is 0 Å². The van der Waals surface area contributed by atoms with E-state index >= 15 is 0 Å². The maximum Gasteiger partial charge on any atom is 0.262 e. The average molecular weight is 539 g/mol. The first-order valence-electron chi connectivity index (χ1n) is 10.7. The zero-order valence-electron chi connectivity index (χ0n) is 19.2. The minimum Gasteiger partial charge on any atom is -0.490 e. The monoisotopic (exact) mass is 537 g/mol. The Morgan fingerprint density at radius 2 is 1.79 bits per heavy atom. The van der Waals surface area contributed by atoms with Crippen LogP contribution in [0.5, 0.6) is 11.5 Å². The van der Waals surface area contributed by atoms with Gasteiger partial charge in [0.25, 0.3) is 11.8 Å². The molecule has 2 rings (SSSR count). The second kappa shape index (κ2) is 13.2. The van der Waals surface area contributed by atoms with Crippen LogP contribution < -0.4 is 20.2 Å². The summed E-state index contributed by atoms with van der Waals surface area (Å²) in [7, 11) is 0. The molecule has 0 radical (unpaired) electrons.